The molecule has 1 amide bonds. The summed E-state index contributed by atoms with van der Waals surface area (Å²) in [4.78, 5) is 19.2. The molecule has 0 aliphatic rings. The first-order valence-electron chi connectivity index (χ1n) is 9.98. The Hall–Kier alpha value is -2.66. The van der Waals surface area contributed by atoms with Crippen molar-refractivity contribution in [1.82, 2.24) is 14.5 Å². The minimum atomic E-state index is 0.123. The molecule has 3 rings (SSSR count). The third-order valence-corrected chi connectivity index (χ3v) is 5.29. The van der Waals surface area contributed by atoms with Crippen molar-refractivity contribution in [2.45, 2.75) is 39.2 Å². The maximum Gasteiger partial charge on any atom is 0.222 e. The summed E-state index contributed by atoms with van der Waals surface area (Å²) in [6.45, 7) is 4.91. The number of rotatable bonds is 8. The first-order chi connectivity index (χ1) is 13.5. The van der Waals surface area contributed by atoms with Gasteiger partial charge in [0, 0.05) is 38.2 Å². The zero-order chi connectivity index (χ0) is 20.1. The second-order valence-electron chi connectivity index (χ2n) is 7.70. The van der Waals surface area contributed by atoms with E-state index >= 15 is 0 Å². The summed E-state index contributed by atoms with van der Waals surface area (Å²) >= 11 is 0. The lowest BCUT2D eigenvalue weighted by molar-refractivity contribution is -0.130. The van der Waals surface area contributed by atoms with E-state index in [0.717, 1.165) is 29.0 Å². The predicted molar refractivity (Wildman–Crippen MR) is 114 cm³/mol. The van der Waals surface area contributed by atoms with E-state index < -0.39 is 0 Å². The van der Waals surface area contributed by atoms with Crippen LogP contribution in [-0.4, -0.2) is 40.0 Å². The van der Waals surface area contributed by atoms with Crippen molar-refractivity contribution in [1.29, 1.82) is 0 Å². The summed E-state index contributed by atoms with van der Waals surface area (Å²) in [5.74, 6) is 1.46. The van der Waals surface area contributed by atoms with E-state index in [0.29, 0.717) is 25.3 Å². The van der Waals surface area contributed by atoms with Crippen LogP contribution in [-0.2, 0) is 11.2 Å². The van der Waals surface area contributed by atoms with E-state index in [1.165, 1.54) is 0 Å². The number of amides is 1. The van der Waals surface area contributed by atoms with E-state index in [-0.39, 0.29) is 11.9 Å². The van der Waals surface area contributed by atoms with E-state index in [1.807, 2.05) is 43.4 Å². The molecule has 0 spiro atoms. The highest BCUT2D eigenvalue weighted by Crippen LogP contribution is 2.22. The predicted octanol–water partition coefficient (Wildman–Crippen LogP) is 3.79. The zero-order valence-corrected chi connectivity index (χ0v) is 17.0. The Morgan fingerprint density at radius 3 is 2.50 bits per heavy atom. The van der Waals surface area contributed by atoms with Crippen LogP contribution in [0.1, 0.15) is 32.5 Å². The average molecular weight is 379 g/mol. The highest BCUT2D eigenvalue weighted by Gasteiger charge is 2.16. The Bertz CT molecular complexity index is 917. The first-order valence-corrected chi connectivity index (χ1v) is 9.98. The number of nitrogens with two attached hydrogens (primary N) is 1. The fraction of sp³-hybridized carbons (Fsp3) is 0.391. The minimum Gasteiger partial charge on any atom is -0.346 e. The first kappa shape index (κ1) is 20.1. The number of aryl methyl sites for hydroxylation is 1. The molecule has 5 heteroatoms. The van der Waals surface area contributed by atoms with Crippen molar-refractivity contribution in [2.75, 3.05) is 13.6 Å². The molecule has 1 aromatic heterocycles. The molecule has 2 N–H and O–H groups in total. The third-order valence-electron chi connectivity index (χ3n) is 5.29. The molecule has 0 aliphatic heterocycles. The van der Waals surface area contributed by atoms with Crippen molar-refractivity contribution in [3.05, 3.63) is 60.4 Å². The van der Waals surface area contributed by atoms with Crippen LogP contribution in [0.3, 0.4) is 0 Å². The fourth-order valence-corrected chi connectivity index (χ4v) is 3.32. The Labute approximate surface area is 167 Å². The molecular formula is C23H30N4O. The summed E-state index contributed by atoms with van der Waals surface area (Å²) in [6, 6.07) is 18.4. The van der Waals surface area contributed by atoms with Gasteiger partial charge in [0.2, 0.25) is 5.91 Å². The number of fused-ring (bicyclic) bond motifs is 1. The van der Waals surface area contributed by atoms with Gasteiger partial charge in [0.05, 0.1) is 11.0 Å². The van der Waals surface area contributed by atoms with E-state index in [1.54, 1.807) is 4.90 Å². The highest BCUT2D eigenvalue weighted by molar-refractivity contribution is 5.79. The van der Waals surface area contributed by atoms with Gasteiger partial charge in [-0.2, -0.15) is 0 Å². The Balaban J connectivity index is 1.73. The molecule has 2 aromatic carbocycles. The molecule has 5 nitrogen and oxygen atoms in total. The van der Waals surface area contributed by atoms with Gasteiger partial charge in [0.15, 0.2) is 0 Å². The van der Waals surface area contributed by atoms with Crippen molar-refractivity contribution in [3.8, 4) is 5.69 Å². The molecule has 148 valence electrons. The third kappa shape index (κ3) is 4.60. The molecule has 28 heavy (non-hydrogen) atoms. The highest BCUT2D eigenvalue weighted by atomic mass is 16.2. The van der Waals surface area contributed by atoms with Crippen molar-refractivity contribution in [3.63, 3.8) is 0 Å². The average Bonchev–Trinajstić information content (AvgIpc) is 3.08. The molecule has 0 saturated carbocycles. The van der Waals surface area contributed by atoms with Crippen LogP contribution in [0.2, 0.25) is 0 Å². The van der Waals surface area contributed by atoms with Gasteiger partial charge in [-0.15, -0.1) is 0 Å². The summed E-state index contributed by atoms with van der Waals surface area (Å²) in [7, 11) is 1.86. The second-order valence-corrected chi connectivity index (χ2v) is 7.70. The number of hydrogen-bond donors (Lipinski definition) is 1. The Morgan fingerprint density at radius 2 is 1.79 bits per heavy atom. The molecule has 0 saturated heterocycles. The Morgan fingerprint density at radius 1 is 1.11 bits per heavy atom. The maximum absolute atomic E-state index is 12.6. The number of imidazole rings is 1. The lowest BCUT2D eigenvalue weighted by Gasteiger charge is -2.21. The molecule has 0 aliphatic carbocycles. The minimum absolute atomic E-state index is 0.123. The number of para-hydroxylation sites is 3. The number of aromatic nitrogens is 2. The largest absolute Gasteiger partial charge is 0.346 e. The van der Waals surface area contributed by atoms with E-state index in [9.17, 15) is 4.79 Å². The molecule has 1 heterocycles. The lowest BCUT2D eigenvalue weighted by atomic mass is 10.0. The van der Waals surface area contributed by atoms with E-state index in [2.05, 4.69) is 36.6 Å². The number of hydrogen-bond acceptors (Lipinski definition) is 3. The smallest absolute Gasteiger partial charge is 0.222 e. The quantitative estimate of drug-likeness (QED) is 0.649. The van der Waals surface area contributed by atoms with E-state index in [4.69, 9.17) is 10.7 Å². The van der Waals surface area contributed by atoms with Crippen molar-refractivity contribution in [2.24, 2.45) is 11.7 Å². The fourth-order valence-electron chi connectivity index (χ4n) is 3.32. The molecule has 0 bridgehead atoms. The van der Waals surface area contributed by atoms with Gasteiger partial charge in [-0.1, -0.05) is 44.2 Å². The summed E-state index contributed by atoms with van der Waals surface area (Å²) in [6.07, 6.45) is 1.86. The number of carbonyl (C=O) groups is 1. The summed E-state index contributed by atoms with van der Waals surface area (Å²) in [5, 5.41) is 0. The van der Waals surface area contributed by atoms with Crippen LogP contribution >= 0.6 is 0 Å². The number of nitrogens with zero attached hydrogens (tertiary/aromatic N) is 3. The van der Waals surface area contributed by atoms with Crippen LogP contribution < -0.4 is 5.73 Å². The van der Waals surface area contributed by atoms with Gasteiger partial charge >= 0.3 is 0 Å². The monoisotopic (exact) mass is 378 g/mol. The van der Waals surface area contributed by atoms with Crippen LogP contribution in [0.4, 0.5) is 0 Å². The van der Waals surface area contributed by atoms with Gasteiger partial charge in [0.1, 0.15) is 5.82 Å². The maximum atomic E-state index is 12.6. The van der Waals surface area contributed by atoms with Gasteiger partial charge < -0.3 is 10.6 Å². The molecule has 0 fully saturated rings. The molecule has 1 unspecified atom stereocenters. The molecule has 1 atom stereocenters. The van der Waals surface area contributed by atoms with Gasteiger partial charge in [0.25, 0.3) is 0 Å². The van der Waals surface area contributed by atoms with Gasteiger partial charge in [-0.05, 0) is 36.6 Å². The van der Waals surface area contributed by atoms with Crippen LogP contribution in [0.5, 0.6) is 0 Å². The lowest BCUT2D eigenvalue weighted by Crippen LogP contribution is -2.34. The number of carbonyl (C=O) groups excluding carboxylic acids is 1. The summed E-state index contributed by atoms with van der Waals surface area (Å²) < 4.78 is 2.15. The van der Waals surface area contributed by atoms with Crippen molar-refractivity contribution < 1.29 is 4.79 Å². The molecule has 0 radical (unpaired) electrons. The molecule has 3 aromatic rings. The van der Waals surface area contributed by atoms with Crippen LogP contribution in [0.15, 0.2) is 54.6 Å². The topological polar surface area (TPSA) is 64.2 Å². The standard InChI is InChI=1S/C23H30N4O/c1-17(2)19(24)15-16-26(3)23(28)14-13-22-25-20-11-7-8-12-21(20)27(22)18-9-5-4-6-10-18/h4-12,17,19H,13-16,24H2,1-3H3. The van der Waals surface area contributed by atoms with Gasteiger partial charge in [-0.25, -0.2) is 4.98 Å². The SMILES string of the molecule is CC(C)C(N)CCN(C)C(=O)CCc1nc2ccccc2n1-c1ccccc1. The molecular weight excluding hydrogens is 348 g/mol. The van der Waals surface area contributed by atoms with Gasteiger partial charge in [-0.3, -0.25) is 9.36 Å². The van der Waals surface area contributed by atoms with Crippen molar-refractivity contribution >= 4 is 16.9 Å². The summed E-state index contributed by atoms with van der Waals surface area (Å²) in [5.41, 5.74) is 9.18. The zero-order valence-electron chi connectivity index (χ0n) is 17.0. The van der Waals surface area contributed by atoms with Crippen LogP contribution in [0.25, 0.3) is 16.7 Å². The number of benzene rings is 2. The Kier molecular flexibility index (Phi) is 6.47. The van der Waals surface area contributed by atoms with Crippen LogP contribution in [0, 0.1) is 5.92 Å². The normalized spacial score (nSPS) is 12.5. The second kappa shape index (κ2) is 9.02.